The van der Waals surface area contributed by atoms with Gasteiger partial charge in [-0.25, -0.2) is 0 Å². The van der Waals surface area contributed by atoms with Crippen molar-refractivity contribution in [2.45, 2.75) is 56.5 Å². The zero-order chi connectivity index (χ0) is 15.5. The van der Waals surface area contributed by atoms with E-state index in [1.54, 1.807) is 23.1 Å². The van der Waals surface area contributed by atoms with Gasteiger partial charge >= 0.3 is 5.97 Å². The van der Waals surface area contributed by atoms with Gasteiger partial charge in [0.2, 0.25) is 0 Å². The van der Waals surface area contributed by atoms with Crippen LogP contribution in [0, 0.1) is 12.8 Å². The molecule has 1 aliphatic carbocycles. The molecule has 21 heavy (non-hydrogen) atoms. The second-order valence-corrected chi connectivity index (χ2v) is 8.04. The van der Waals surface area contributed by atoms with E-state index >= 15 is 0 Å². The summed E-state index contributed by atoms with van der Waals surface area (Å²) in [6.45, 7) is 8.33. The molecule has 0 spiro atoms. The fraction of sp³-hybridized carbons (Fsp3) is 0.786. The average Bonchev–Trinajstić information content (AvgIpc) is 3.18. The first-order chi connectivity index (χ1) is 9.98. The zero-order valence-corrected chi connectivity index (χ0v) is 14.6. The predicted molar refractivity (Wildman–Crippen MR) is 85.7 cm³/mol. The molecule has 7 heteroatoms. The maximum Gasteiger partial charge on any atom is 0.327 e. The molecule has 0 amide bonds. The van der Waals surface area contributed by atoms with Crippen LogP contribution in [-0.2, 0) is 9.53 Å². The van der Waals surface area contributed by atoms with E-state index in [4.69, 9.17) is 4.74 Å². The minimum absolute atomic E-state index is 0.130. The van der Waals surface area contributed by atoms with Gasteiger partial charge in [-0.2, -0.15) is 0 Å². The zero-order valence-electron chi connectivity index (χ0n) is 13.0. The lowest BCUT2D eigenvalue weighted by Crippen LogP contribution is -2.59. The van der Waals surface area contributed by atoms with E-state index in [0.717, 1.165) is 22.2 Å². The Morgan fingerprint density at radius 3 is 2.71 bits per heavy atom. The van der Waals surface area contributed by atoms with Crippen molar-refractivity contribution in [3.8, 4) is 0 Å². The van der Waals surface area contributed by atoms with Gasteiger partial charge in [-0.3, -0.25) is 10.1 Å². The van der Waals surface area contributed by atoms with E-state index in [-0.39, 0.29) is 12.0 Å². The normalized spacial score (nSPS) is 17.8. The maximum atomic E-state index is 12.6. The standard InChI is InChI=1S/C14H23N3O2S2/c1-5-19-12(18)14(11-6-7-11,15-9(2)3)8-20-13-17-16-10(4)21-13/h9,11,15H,5-8H2,1-4H3. The third-order valence-corrected chi connectivity index (χ3v) is 5.56. The Morgan fingerprint density at radius 1 is 1.52 bits per heavy atom. The van der Waals surface area contributed by atoms with Crippen LogP contribution in [-0.4, -0.2) is 40.1 Å². The van der Waals surface area contributed by atoms with Gasteiger partial charge in [0.05, 0.1) is 6.61 Å². The number of hydrogen-bond acceptors (Lipinski definition) is 7. The van der Waals surface area contributed by atoms with E-state index in [1.165, 1.54) is 0 Å². The number of hydrogen-bond donors (Lipinski definition) is 1. The first-order valence-corrected chi connectivity index (χ1v) is 9.16. The molecule has 0 aromatic carbocycles. The van der Waals surface area contributed by atoms with Crippen LogP contribution in [0.15, 0.2) is 4.34 Å². The van der Waals surface area contributed by atoms with Gasteiger partial charge in [-0.05, 0) is 46.5 Å². The van der Waals surface area contributed by atoms with Crippen molar-refractivity contribution in [2.75, 3.05) is 12.4 Å². The van der Waals surface area contributed by atoms with E-state index in [2.05, 4.69) is 29.4 Å². The van der Waals surface area contributed by atoms with Crippen LogP contribution in [0.5, 0.6) is 0 Å². The summed E-state index contributed by atoms with van der Waals surface area (Å²) in [5.74, 6) is 0.874. The van der Waals surface area contributed by atoms with Gasteiger partial charge in [-0.1, -0.05) is 23.1 Å². The molecule has 1 unspecified atom stereocenters. The monoisotopic (exact) mass is 329 g/mol. The molecule has 5 nitrogen and oxygen atoms in total. The Morgan fingerprint density at radius 2 is 2.24 bits per heavy atom. The lowest BCUT2D eigenvalue weighted by molar-refractivity contribution is -0.151. The second-order valence-electron chi connectivity index (χ2n) is 5.64. The Bertz CT molecular complexity index is 488. The van der Waals surface area contributed by atoms with Crippen LogP contribution in [0.2, 0.25) is 0 Å². The average molecular weight is 329 g/mol. The summed E-state index contributed by atoms with van der Waals surface area (Å²) in [4.78, 5) is 12.6. The van der Waals surface area contributed by atoms with Crippen molar-refractivity contribution in [1.82, 2.24) is 15.5 Å². The molecule has 1 atom stereocenters. The quantitative estimate of drug-likeness (QED) is 0.584. The van der Waals surface area contributed by atoms with E-state index in [1.807, 2.05) is 13.8 Å². The van der Waals surface area contributed by atoms with Crippen molar-refractivity contribution in [2.24, 2.45) is 5.92 Å². The van der Waals surface area contributed by atoms with Gasteiger partial charge in [0.25, 0.3) is 0 Å². The van der Waals surface area contributed by atoms with Crippen LogP contribution in [0.4, 0.5) is 0 Å². The first-order valence-electron chi connectivity index (χ1n) is 7.35. The Labute approximate surface area is 134 Å². The lowest BCUT2D eigenvalue weighted by atomic mass is 9.94. The number of nitrogens with one attached hydrogen (secondary N) is 1. The molecular formula is C14H23N3O2S2. The highest BCUT2D eigenvalue weighted by molar-refractivity contribution is 8.01. The highest BCUT2D eigenvalue weighted by atomic mass is 32.2. The van der Waals surface area contributed by atoms with Gasteiger partial charge < -0.3 is 4.74 Å². The third-order valence-electron chi connectivity index (χ3n) is 3.39. The molecule has 0 radical (unpaired) electrons. The molecule has 1 fully saturated rings. The van der Waals surface area contributed by atoms with E-state index in [9.17, 15) is 4.79 Å². The maximum absolute atomic E-state index is 12.6. The first kappa shape index (κ1) is 16.7. The largest absolute Gasteiger partial charge is 0.465 e. The second kappa shape index (κ2) is 7.07. The van der Waals surface area contributed by atoms with Gasteiger partial charge in [0.1, 0.15) is 10.5 Å². The molecule has 1 aromatic heterocycles. The van der Waals surface area contributed by atoms with Crippen molar-refractivity contribution < 1.29 is 9.53 Å². The molecule has 0 bridgehead atoms. The lowest BCUT2D eigenvalue weighted by Gasteiger charge is -2.34. The number of ether oxygens (including phenoxy) is 1. The number of aryl methyl sites for hydroxylation is 1. The SMILES string of the molecule is CCOC(=O)C(CSc1nnc(C)s1)(NC(C)C)C1CC1. The molecule has 1 aromatic rings. The van der Waals surface area contributed by atoms with Gasteiger partial charge in [-0.15, -0.1) is 10.2 Å². The van der Waals surface area contributed by atoms with Crippen molar-refractivity contribution in [3.63, 3.8) is 0 Å². The number of thioether (sulfide) groups is 1. The van der Waals surface area contributed by atoms with Crippen LogP contribution in [0.25, 0.3) is 0 Å². The summed E-state index contributed by atoms with van der Waals surface area (Å²) in [6.07, 6.45) is 2.16. The molecular weight excluding hydrogens is 306 g/mol. The number of carbonyl (C=O) groups is 1. The molecule has 118 valence electrons. The summed E-state index contributed by atoms with van der Waals surface area (Å²) in [6, 6.07) is 0.228. The topological polar surface area (TPSA) is 64.1 Å². The summed E-state index contributed by atoms with van der Waals surface area (Å²) in [5.41, 5.74) is -0.603. The summed E-state index contributed by atoms with van der Waals surface area (Å²) < 4.78 is 6.27. The number of nitrogens with zero attached hydrogens (tertiary/aromatic N) is 2. The predicted octanol–water partition coefficient (Wildman–Crippen LogP) is 2.65. The fourth-order valence-electron chi connectivity index (χ4n) is 2.43. The molecule has 1 aliphatic rings. The molecule has 1 saturated carbocycles. The van der Waals surface area contributed by atoms with Crippen molar-refractivity contribution in [3.05, 3.63) is 5.01 Å². The van der Waals surface area contributed by atoms with Crippen LogP contribution in [0.3, 0.4) is 0 Å². The highest BCUT2D eigenvalue weighted by Gasteiger charge is 2.52. The Kier molecular flexibility index (Phi) is 5.62. The highest BCUT2D eigenvalue weighted by Crippen LogP contribution is 2.43. The smallest absolute Gasteiger partial charge is 0.327 e. The fourth-order valence-corrected chi connectivity index (χ4v) is 4.50. The molecule has 0 aliphatic heterocycles. The molecule has 1 N–H and O–H groups in total. The third kappa shape index (κ3) is 4.17. The summed E-state index contributed by atoms with van der Waals surface area (Å²) in [5, 5.41) is 12.6. The number of rotatable bonds is 8. The minimum atomic E-state index is -0.603. The Hall–Kier alpha value is -0.660. The van der Waals surface area contributed by atoms with Crippen LogP contribution in [0.1, 0.15) is 38.6 Å². The van der Waals surface area contributed by atoms with Crippen molar-refractivity contribution in [1.29, 1.82) is 0 Å². The Balaban J connectivity index is 2.14. The number of aromatic nitrogens is 2. The summed E-state index contributed by atoms with van der Waals surface area (Å²) in [7, 11) is 0. The van der Waals surface area contributed by atoms with Gasteiger partial charge in [0.15, 0.2) is 4.34 Å². The van der Waals surface area contributed by atoms with E-state index < -0.39 is 5.54 Å². The number of esters is 1. The number of carbonyl (C=O) groups excluding carboxylic acids is 1. The molecule has 2 rings (SSSR count). The molecule has 0 saturated heterocycles. The summed E-state index contributed by atoms with van der Waals surface area (Å²) >= 11 is 3.16. The van der Waals surface area contributed by atoms with Crippen LogP contribution >= 0.6 is 23.1 Å². The van der Waals surface area contributed by atoms with Crippen molar-refractivity contribution >= 4 is 29.1 Å². The van der Waals surface area contributed by atoms with Gasteiger partial charge in [0, 0.05) is 11.8 Å². The molecule has 1 heterocycles. The van der Waals surface area contributed by atoms with Crippen LogP contribution < -0.4 is 5.32 Å². The van der Waals surface area contributed by atoms with E-state index in [0.29, 0.717) is 18.3 Å². The minimum Gasteiger partial charge on any atom is -0.465 e.